The Bertz CT molecular complexity index is 607. The highest BCUT2D eigenvalue weighted by Gasteiger charge is 2.34. The molecule has 0 unspecified atom stereocenters. The lowest BCUT2D eigenvalue weighted by molar-refractivity contribution is -0.395. The molecule has 19 heavy (non-hydrogen) atoms. The van der Waals surface area contributed by atoms with Gasteiger partial charge in [-0.15, -0.1) is 0 Å². The molecule has 9 nitrogen and oxygen atoms in total. The van der Waals surface area contributed by atoms with E-state index in [-0.39, 0.29) is 5.75 Å². The molecule has 2 rings (SSSR count). The number of nitrogens with one attached hydrogen (secondary N) is 1. The first-order valence-electron chi connectivity index (χ1n) is 4.79. The highest BCUT2D eigenvalue weighted by atomic mass is 35.5. The Kier molecular flexibility index (Phi) is 3.29. The summed E-state index contributed by atoms with van der Waals surface area (Å²) in [7, 11) is 0. The fourth-order valence-electron chi connectivity index (χ4n) is 1.28. The van der Waals surface area contributed by atoms with Crippen molar-refractivity contribution in [1.82, 2.24) is 10.2 Å². The van der Waals surface area contributed by atoms with Gasteiger partial charge in [-0.2, -0.15) is 0 Å². The number of aromatic nitrogens is 2. The van der Waals surface area contributed by atoms with Crippen LogP contribution in [0.4, 0.5) is 11.6 Å². The number of benzene rings is 1. The number of nitro groups is 2. The van der Waals surface area contributed by atoms with Crippen LogP contribution in [0.5, 0.6) is 11.5 Å². The Balaban J connectivity index is 2.42. The van der Waals surface area contributed by atoms with Crippen molar-refractivity contribution in [3.05, 3.63) is 49.5 Å². The smallest absolute Gasteiger partial charge is 0.442 e. The van der Waals surface area contributed by atoms with Crippen LogP contribution in [-0.4, -0.2) is 20.0 Å². The van der Waals surface area contributed by atoms with Crippen molar-refractivity contribution in [2.75, 3.05) is 0 Å². The van der Waals surface area contributed by atoms with E-state index in [2.05, 4.69) is 5.10 Å². The first-order chi connectivity index (χ1) is 8.99. The van der Waals surface area contributed by atoms with Crippen LogP contribution in [0, 0.1) is 20.2 Å². The molecule has 0 atom stereocenters. The summed E-state index contributed by atoms with van der Waals surface area (Å²) >= 11 is 5.67. The lowest BCUT2D eigenvalue weighted by Crippen LogP contribution is -1.94. The van der Waals surface area contributed by atoms with E-state index in [0.717, 1.165) is 0 Å². The molecule has 10 heteroatoms. The van der Waals surface area contributed by atoms with E-state index < -0.39 is 27.2 Å². The lowest BCUT2D eigenvalue weighted by atomic mass is 10.3. The summed E-state index contributed by atoms with van der Waals surface area (Å²) in [6.07, 6.45) is 0. The minimum Gasteiger partial charge on any atom is -0.442 e. The molecular weight excluding hydrogens is 280 g/mol. The van der Waals surface area contributed by atoms with Crippen LogP contribution in [0.3, 0.4) is 0 Å². The molecule has 2 aromatic rings. The Morgan fingerprint density at radius 3 is 2.32 bits per heavy atom. The zero-order valence-electron chi connectivity index (χ0n) is 9.07. The van der Waals surface area contributed by atoms with Gasteiger partial charge in [-0.1, -0.05) is 11.6 Å². The number of rotatable bonds is 4. The van der Waals surface area contributed by atoms with Crippen LogP contribution < -0.4 is 4.74 Å². The molecule has 1 N–H and O–H groups in total. The zero-order valence-corrected chi connectivity index (χ0v) is 9.83. The summed E-state index contributed by atoms with van der Waals surface area (Å²) < 4.78 is 5.12. The standard InChI is InChI=1S/C9H5ClN4O5/c10-5-1-3-6(4-2-5)19-7-8(13(15)16)11-12-9(7)14(17)18/h1-4H,(H,11,12). The second-order valence-corrected chi connectivity index (χ2v) is 3.73. The van der Waals surface area contributed by atoms with Crippen LogP contribution in [0.15, 0.2) is 24.3 Å². The maximum Gasteiger partial charge on any atom is 0.463 e. The van der Waals surface area contributed by atoms with Gasteiger partial charge in [0.25, 0.3) is 0 Å². The molecule has 0 aliphatic rings. The predicted octanol–water partition coefficient (Wildman–Crippen LogP) is 2.67. The molecule has 1 aromatic carbocycles. The zero-order chi connectivity index (χ0) is 14.0. The average Bonchev–Trinajstić information content (AvgIpc) is 2.76. The van der Waals surface area contributed by atoms with E-state index in [4.69, 9.17) is 16.3 Å². The molecule has 0 radical (unpaired) electrons. The first-order valence-corrected chi connectivity index (χ1v) is 5.17. The van der Waals surface area contributed by atoms with Crippen molar-refractivity contribution >= 4 is 23.2 Å². The monoisotopic (exact) mass is 284 g/mol. The lowest BCUT2D eigenvalue weighted by Gasteiger charge is -2.02. The number of H-pyrrole nitrogens is 1. The summed E-state index contributed by atoms with van der Waals surface area (Å²) in [5.74, 6) is -1.85. The van der Waals surface area contributed by atoms with Crippen LogP contribution in [0.1, 0.15) is 0 Å². The second-order valence-electron chi connectivity index (χ2n) is 3.30. The molecule has 0 fully saturated rings. The molecule has 1 heterocycles. The fraction of sp³-hybridized carbons (Fsp3) is 0. The summed E-state index contributed by atoms with van der Waals surface area (Å²) in [5, 5.41) is 27.0. The number of hydrogen-bond acceptors (Lipinski definition) is 6. The molecule has 0 bridgehead atoms. The molecule has 0 saturated heterocycles. The van der Waals surface area contributed by atoms with Crippen molar-refractivity contribution in [2.45, 2.75) is 0 Å². The Hall–Kier alpha value is -2.68. The summed E-state index contributed by atoms with van der Waals surface area (Å²) in [6, 6.07) is 5.80. The van der Waals surface area contributed by atoms with Crippen molar-refractivity contribution in [2.24, 2.45) is 0 Å². The molecule has 98 valence electrons. The van der Waals surface area contributed by atoms with E-state index in [9.17, 15) is 20.2 Å². The van der Waals surface area contributed by atoms with Gasteiger partial charge >= 0.3 is 17.4 Å². The van der Waals surface area contributed by atoms with E-state index in [1.54, 1.807) is 0 Å². The third kappa shape index (κ3) is 2.60. The summed E-state index contributed by atoms with van der Waals surface area (Å²) in [5.41, 5.74) is 0. The van der Waals surface area contributed by atoms with Gasteiger partial charge in [0.05, 0.1) is 0 Å². The minimum absolute atomic E-state index is 0.164. The van der Waals surface area contributed by atoms with Gasteiger partial charge in [0, 0.05) is 5.02 Å². The van der Waals surface area contributed by atoms with Gasteiger partial charge in [0.1, 0.15) is 5.75 Å². The van der Waals surface area contributed by atoms with Crippen LogP contribution in [0.25, 0.3) is 0 Å². The van der Waals surface area contributed by atoms with Crippen molar-refractivity contribution in [3.63, 3.8) is 0 Å². The molecule has 0 aliphatic carbocycles. The predicted molar refractivity (Wildman–Crippen MR) is 63.4 cm³/mol. The molecular formula is C9H5ClN4O5. The highest BCUT2D eigenvalue weighted by Crippen LogP contribution is 2.37. The third-order valence-electron chi connectivity index (χ3n) is 2.07. The number of aromatic amines is 1. The largest absolute Gasteiger partial charge is 0.463 e. The van der Waals surface area contributed by atoms with Crippen LogP contribution >= 0.6 is 11.6 Å². The van der Waals surface area contributed by atoms with Gasteiger partial charge in [-0.05, 0) is 39.2 Å². The topological polar surface area (TPSA) is 124 Å². The van der Waals surface area contributed by atoms with E-state index in [1.807, 2.05) is 5.10 Å². The maximum absolute atomic E-state index is 10.7. The molecule has 0 saturated carbocycles. The Labute approximate surface area is 110 Å². The van der Waals surface area contributed by atoms with Crippen molar-refractivity contribution in [1.29, 1.82) is 0 Å². The minimum atomic E-state index is -0.880. The fourth-order valence-corrected chi connectivity index (χ4v) is 1.40. The van der Waals surface area contributed by atoms with Gasteiger partial charge < -0.3 is 25.0 Å². The van der Waals surface area contributed by atoms with E-state index in [1.165, 1.54) is 24.3 Å². The normalized spacial score (nSPS) is 10.2. The number of nitrogens with zero attached hydrogens (tertiary/aromatic N) is 3. The summed E-state index contributed by atoms with van der Waals surface area (Å²) in [6.45, 7) is 0. The molecule has 1 aromatic heterocycles. The Morgan fingerprint density at radius 1 is 1.16 bits per heavy atom. The van der Waals surface area contributed by atoms with Crippen LogP contribution in [-0.2, 0) is 0 Å². The van der Waals surface area contributed by atoms with Crippen LogP contribution in [0.2, 0.25) is 5.02 Å². The third-order valence-corrected chi connectivity index (χ3v) is 2.33. The number of ether oxygens (including phenoxy) is 1. The number of hydrogen-bond donors (Lipinski definition) is 1. The average molecular weight is 285 g/mol. The first kappa shape index (κ1) is 12.8. The van der Waals surface area contributed by atoms with Gasteiger partial charge in [0.2, 0.25) is 0 Å². The quantitative estimate of drug-likeness (QED) is 0.679. The van der Waals surface area contributed by atoms with Gasteiger partial charge in [0.15, 0.2) is 5.10 Å². The van der Waals surface area contributed by atoms with Gasteiger partial charge in [-0.25, -0.2) is 0 Å². The van der Waals surface area contributed by atoms with E-state index in [0.29, 0.717) is 5.02 Å². The number of halogens is 1. The highest BCUT2D eigenvalue weighted by molar-refractivity contribution is 6.30. The van der Waals surface area contributed by atoms with Gasteiger partial charge in [-0.3, -0.25) is 0 Å². The summed E-state index contributed by atoms with van der Waals surface area (Å²) in [4.78, 5) is 19.7. The second kappa shape index (κ2) is 4.90. The van der Waals surface area contributed by atoms with E-state index >= 15 is 0 Å². The Morgan fingerprint density at radius 2 is 1.79 bits per heavy atom. The van der Waals surface area contributed by atoms with Crippen molar-refractivity contribution in [3.8, 4) is 11.5 Å². The molecule has 0 aliphatic heterocycles. The molecule has 0 amide bonds. The molecule has 0 spiro atoms. The maximum atomic E-state index is 10.7. The SMILES string of the molecule is O=[N+]([O-])c1n[nH]c([N+](=O)[O-])c1Oc1ccc(Cl)cc1. The van der Waals surface area contributed by atoms with Crippen molar-refractivity contribution < 1.29 is 14.6 Å².